The molecule has 0 saturated heterocycles. The van der Waals surface area contributed by atoms with Crippen LogP contribution in [-0.2, 0) is 13.0 Å². The fourth-order valence-electron chi connectivity index (χ4n) is 2.29. The molecule has 1 aromatic carbocycles. The molecular weight excluding hydrogens is 317 g/mol. The first kappa shape index (κ1) is 14.2. The molecule has 0 saturated carbocycles. The van der Waals surface area contributed by atoms with E-state index in [1.165, 1.54) is 11.5 Å². The number of benzene rings is 1. The molecule has 1 unspecified atom stereocenters. The van der Waals surface area contributed by atoms with Gasteiger partial charge in [0.1, 0.15) is 17.3 Å². The highest BCUT2D eigenvalue weighted by Gasteiger charge is 2.21. The number of hydrogen-bond acceptors (Lipinski definition) is 4. The van der Waals surface area contributed by atoms with Crippen LogP contribution in [-0.4, -0.2) is 20.0 Å². The van der Waals surface area contributed by atoms with E-state index in [0.29, 0.717) is 10.7 Å². The number of aromatic nitrogens is 2. The van der Waals surface area contributed by atoms with Crippen molar-refractivity contribution in [2.24, 2.45) is 10.9 Å². The molecule has 1 atom stereocenters. The van der Waals surface area contributed by atoms with Gasteiger partial charge in [-0.2, -0.15) is 4.37 Å². The number of carbonyl (C=O) groups is 1. The summed E-state index contributed by atoms with van der Waals surface area (Å²) in [7, 11) is 0. The minimum absolute atomic E-state index is 0.0460. The van der Waals surface area contributed by atoms with Crippen LogP contribution in [0.1, 0.15) is 23.1 Å². The van der Waals surface area contributed by atoms with Gasteiger partial charge in [0.15, 0.2) is 0 Å². The molecule has 21 heavy (non-hydrogen) atoms. The third-order valence-corrected chi connectivity index (χ3v) is 4.37. The number of aromatic carboxylic acids is 1. The average molecular weight is 328 g/mol. The SMILES string of the molecule is CC1Cc2nsc(=Nc3cc(C(=O)O)c(Cl)cc3F)n2C1. The molecule has 0 bridgehead atoms. The van der Waals surface area contributed by atoms with Crippen molar-refractivity contribution in [1.82, 2.24) is 8.94 Å². The molecule has 0 amide bonds. The zero-order chi connectivity index (χ0) is 15.1. The summed E-state index contributed by atoms with van der Waals surface area (Å²) in [5.74, 6) is -0.468. The zero-order valence-electron chi connectivity index (χ0n) is 11.0. The van der Waals surface area contributed by atoms with Crippen LogP contribution in [0.5, 0.6) is 0 Å². The number of carboxylic acid groups (broad SMARTS) is 1. The lowest BCUT2D eigenvalue weighted by Gasteiger charge is -2.02. The van der Waals surface area contributed by atoms with Crippen molar-refractivity contribution in [2.45, 2.75) is 19.9 Å². The molecule has 110 valence electrons. The monoisotopic (exact) mass is 327 g/mol. The number of carboxylic acids is 1. The summed E-state index contributed by atoms with van der Waals surface area (Å²) in [4.78, 5) is 15.8. The minimum atomic E-state index is -1.22. The van der Waals surface area contributed by atoms with Crippen LogP contribution >= 0.6 is 23.1 Å². The van der Waals surface area contributed by atoms with Crippen molar-refractivity contribution >= 4 is 34.8 Å². The first-order valence-corrected chi connectivity index (χ1v) is 7.43. The van der Waals surface area contributed by atoms with E-state index in [4.69, 9.17) is 16.7 Å². The van der Waals surface area contributed by atoms with Gasteiger partial charge in [0.2, 0.25) is 4.80 Å². The molecule has 2 heterocycles. The zero-order valence-corrected chi connectivity index (χ0v) is 12.6. The van der Waals surface area contributed by atoms with Crippen molar-refractivity contribution in [1.29, 1.82) is 0 Å². The Hall–Kier alpha value is -1.73. The van der Waals surface area contributed by atoms with Gasteiger partial charge in [-0.1, -0.05) is 18.5 Å². The van der Waals surface area contributed by atoms with Crippen LogP contribution in [0.2, 0.25) is 5.02 Å². The van der Waals surface area contributed by atoms with E-state index in [1.807, 2.05) is 4.57 Å². The molecule has 3 rings (SSSR count). The molecule has 1 N–H and O–H groups in total. The standard InChI is InChI=1S/C13H11ClFN3O2S/c1-6-2-11-17-21-13(18(11)5-6)16-10-3-7(12(19)20)8(14)4-9(10)15/h3-4,6H,2,5H2,1H3,(H,19,20). The van der Waals surface area contributed by atoms with E-state index in [1.54, 1.807) is 0 Å². The predicted octanol–water partition coefficient (Wildman–Crippen LogP) is 2.86. The maximum Gasteiger partial charge on any atom is 0.337 e. The Morgan fingerprint density at radius 1 is 1.62 bits per heavy atom. The summed E-state index contributed by atoms with van der Waals surface area (Å²) in [5, 5.41) is 8.89. The van der Waals surface area contributed by atoms with Crippen molar-refractivity contribution in [3.05, 3.63) is 39.2 Å². The first-order chi connectivity index (χ1) is 9.95. The number of nitrogens with zero attached hydrogens (tertiary/aromatic N) is 3. The smallest absolute Gasteiger partial charge is 0.337 e. The van der Waals surface area contributed by atoms with Gasteiger partial charge >= 0.3 is 5.97 Å². The lowest BCUT2D eigenvalue weighted by molar-refractivity contribution is 0.0697. The van der Waals surface area contributed by atoms with Crippen molar-refractivity contribution in [3.63, 3.8) is 0 Å². The van der Waals surface area contributed by atoms with Crippen molar-refractivity contribution < 1.29 is 14.3 Å². The highest BCUT2D eigenvalue weighted by atomic mass is 35.5. The van der Waals surface area contributed by atoms with E-state index in [-0.39, 0.29) is 16.3 Å². The maximum absolute atomic E-state index is 13.9. The topological polar surface area (TPSA) is 67.5 Å². The van der Waals surface area contributed by atoms with Crippen LogP contribution in [0.4, 0.5) is 10.1 Å². The van der Waals surface area contributed by atoms with Gasteiger partial charge < -0.3 is 9.67 Å². The normalized spacial score (nSPS) is 18.0. The summed E-state index contributed by atoms with van der Waals surface area (Å²) in [5.41, 5.74) is -0.216. The third kappa shape index (κ3) is 2.58. The quantitative estimate of drug-likeness (QED) is 0.922. The van der Waals surface area contributed by atoms with Gasteiger partial charge in [-0.25, -0.2) is 14.2 Å². The Labute approximate surface area is 128 Å². The molecule has 8 heteroatoms. The number of rotatable bonds is 2. The van der Waals surface area contributed by atoms with Crippen LogP contribution in [0, 0.1) is 11.7 Å². The van der Waals surface area contributed by atoms with Crippen molar-refractivity contribution in [3.8, 4) is 0 Å². The summed E-state index contributed by atoms with van der Waals surface area (Å²) >= 11 is 6.89. The van der Waals surface area contributed by atoms with Gasteiger partial charge in [-0.05, 0) is 18.1 Å². The Balaban J connectivity index is 2.12. The van der Waals surface area contributed by atoms with Crippen LogP contribution < -0.4 is 4.80 Å². The molecular formula is C13H11ClFN3O2S. The lowest BCUT2D eigenvalue weighted by Crippen LogP contribution is -2.14. The molecule has 0 aliphatic carbocycles. The fraction of sp³-hybridized carbons (Fsp3) is 0.308. The molecule has 5 nitrogen and oxygen atoms in total. The molecule has 0 radical (unpaired) electrons. The lowest BCUT2D eigenvalue weighted by atomic mass is 10.1. The van der Waals surface area contributed by atoms with E-state index >= 15 is 0 Å². The second kappa shape index (κ2) is 5.23. The van der Waals surface area contributed by atoms with Gasteiger partial charge in [0, 0.05) is 24.5 Å². The van der Waals surface area contributed by atoms with Crippen LogP contribution in [0.25, 0.3) is 0 Å². The summed E-state index contributed by atoms with van der Waals surface area (Å²) in [6.45, 7) is 2.89. The molecule has 0 fully saturated rings. The average Bonchev–Trinajstić information content (AvgIpc) is 2.92. The molecule has 2 aromatic rings. The minimum Gasteiger partial charge on any atom is -0.478 e. The van der Waals surface area contributed by atoms with E-state index in [0.717, 1.165) is 30.9 Å². The number of halogens is 2. The third-order valence-electron chi connectivity index (χ3n) is 3.28. The summed E-state index contributed by atoms with van der Waals surface area (Å²) in [6.07, 6.45) is 0.871. The predicted molar refractivity (Wildman–Crippen MR) is 76.6 cm³/mol. The van der Waals surface area contributed by atoms with Gasteiger partial charge in [-0.3, -0.25) is 0 Å². The highest BCUT2D eigenvalue weighted by molar-refractivity contribution is 7.02. The largest absolute Gasteiger partial charge is 0.478 e. The molecule has 0 spiro atoms. The number of fused-ring (bicyclic) bond motifs is 1. The maximum atomic E-state index is 13.9. The van der Waals surface area contributed by atoms with Crippen molar-refractivity contribution in [2.75, 3.05) is 0 Å². The van der Waals surface area contributed by atoms with Gasteiger partial charge in [0.25, 0.3) is 0 Å². The van der Waals surface area contributed by atoms with Gasteiger partial charge in [-0.15, -0.1) is 0 Å². The van der Waals surface area contributed by atoms with E-state index < -0.39 is 11.8 Å². The second-order valence-electron chi connectivity index (χ2n) is 5.00. The summed E-state index contributed by atoms with van der Waals surface area (Å²) in [6, 6.07) is 2.11. The first-order valence-electron chi connectivity index (χ1n) is 6.28. The Morgan fingerprint density at radius 2 is 2.38 bits per heavy atom. The second-order valence-corrected chi connectivity index (χ2v) is 6.14. The van der Waals surface area contributed by atoms with Gasteiger partial charge in [0.05, 0.1) is 10.6 Å². The molecule has 1 aliphatic rings. The Morgan fingerprint density at radius 3 is 3.10 bits per heavy atom. The Kier molecular flexibility index (Phi) is 3.54. The highest BCUT2D eigenvalue weighted by Crippen LogP contribution is 2.26. The molecule has 1 aromatic heterocycles. The van der Waals surface area contributed by atoms with E-state index in [2.05, 4.69) is 16.3 Å². The van der Waals surface area contributed by atoms with Crippen LogP contribution in [0.3, 0.4) is 0 Å². The Bertz CT molecular complexity index is 799. The van der Waals surface area contributed by atoms with Crippen LogP contribution in [0.15, 0.2) is 17.1 Å². The molecule has 1 aliphatic heterocycles. The van der Waals surface area contributed by atoms with E-state index in [9.17, 15) is 9.18 Å². The fourth-order valence-corrected chi connectivity index (χ4v) is 3.30. The number of hydrogen-bond donors (Lipinski definition) is 1. The summed E-state index contributed by atoms with van der Waals surface area (Å²) < 4.78 is 20.1.